The van der Waals surface area contributed by atoms with E-state index in [-0.39, 0.29) is 22.8 Å². The molecule has 3 aromatic rings. The van der Waals surface area contributed by atoms with Crippen molar-refractivity contribution in [3.8, 4) is 0 Å². The summed E-state index contributed by atoms with van der Waals surface area (Å²) in [7, 11) is 1.79. The van der Waals surface area contributed by atoms with Crippen LogP contribution in [0.15, 0.2) is 64.5 Å². The molecule has 0 unspecified atom stereocenters. The van der Waals surface area contributed by atoms with E-state index in [2.05, 4.69) is 0 Å². The van der Waals surface area contributed by atoms with Crippen molar-refractivity contribution in [3.05, 3.63) is 65.0 Å². The molecule has 1 aromatic heterocycles. The van der Waals surface area contributed by atoms with E-state index in [4.69, 9.17) is 4.98 Å². The van der Waals surface area contributed by atoms with Crippen LogP contribution in [-0.4, -0.2) is 27.8 Å². The summed E-state index contributed by atoms with van der Waals surface area (Å²) >= 11 is 1.38. The van der Waals surface area contributed by atoms with E-state index in [9.17, 15) is 9.59 Å². The molecule has 1 atom stereocenters. The molecular formula is C24H27N3O2S. The highest BCUT2D eigenvalue weighted by molar-refractivity contribution is 8.00. The lowest BCUT2D eigenvalue weighted by Crippen LogP contribution is -2.34. The van der Waals surface area contributed by atoms with Gasteiger partial charge in [-0.2, -0.15) is 0 Å². The van der Waals surface area contributed by atoms with E-state index in [0.717, 1.165) is 31.4 Å². The van der Waals surface area contributed by atoms with Crippen LogP contribution in [0.3, 0.4) is 0 Å². The SMILES string of the molecule is C[C@H](Sc1nc2ccccc2c(=O)n1C1CCCCC1)C(=O)N(C)c1ccccc1. The molecule has 0 N–H and O–H groups in total. The lowest BCUT2D eigenvalue weighted by atomic mass is 9.95. The fourth-order valence-electron chi connectivity index (χ4n) is 4.13. The smallest absolute Gasteiger partial charge is 0.262 e. The van der Waals surface area contributed by atoms with Gasteiger partial charge in [-0.3, -0.25) is 14.2 Å². The van der Waals surface area contributed by atoms with E-state index >= 15 is 0 Å². The molecule has 1 saturated carbocycles. The number of carbonyl (C=O) groups is 1. The number of benzene rings is 2. The summed E-state index contributed by atoms with van der Waals surface area (Å²) in [5, 5.41) is 0.929. The van der Waals surface area contributed by atoms with Gasteiger partial charge in [0.15, 0.2) is 5.16 Å². The number of carbonyl (C=O) groups excluding carboxylic acids is 1. The standard InChI is InChI=1S/C24H27N3O2S/c1-17(22(28)26(2)18-11-5-3-6-12-18)30-24-25-21-16-10-9-15-20(21)23(29)27(24)19-13-7-4-8-14-19/h3,5-6,9-12,15-17,19H,4,7-8,13-14H2,1-2H3/t17-/m0/s1. The van der Waals surface area contributed by atoms with Crippen molar-refractivity contribution >= 4 is 34.3 Å². The van der Waals surface area contributed by atoms with Gasteiger partial charge in [0.05, 0.1) is 16.2 Å². The minimum atomic E-state index is -0.363. The van der Waals surface area contributed by atoms with Crippen LogP contribution in [0.1, 0.15) is 45.1 Å². The molecule has 156 valence electrons. The van der Waals surface area contributed by atoms with Crippen molar-refractivity contribution in [2.24, 2.45) is 0 Å². The average molecular weight is 422 g/mol. The van der Waals surface area contributed by atoms with Crippen LogP contribution in [0.5, 0.6) is 0 Å². The van der Waals surface area contributed by atoms with E-state index in [0.29, 0.717) is 16.1 Å². The van der Waals surface area contributed by atoms with Gasteiger partial charge in [0.1, 0.15) is 0 Å². The molecule has 1 aliphatic carbocycles. The molecule has 6 heteroatoms. The summed E-state index contributed by atoms with van der Waals surface area (Å²) in [5.41, 5.74) is 1.55. The second-order valence-electron chi connectivity index (χ2n) is 7.87. The van der Waals surface area contributed by atoms with Gasteiger partial charge in [0, 0.05) is 18.8 Å². The Morgan fingerprint density at radius 2 is 1.73 bits per heavy atom. The van der Waals surface area contributed by atoms with E-state index < -0.39 is 0 Å². The molecule has 0 saturated heterocycles. The molecular weight excluding hydrogens is 394 g/mol. The Hall–Kier alpha value is -2.60. The monoisotopic (exact) mass is 421 g/mol. The number of para-hydroxylation sites is 2. The highest BCUT2D eigenvalue weighted by Gasteiger charge is 2.26. The predicted octanol–water partition coefficient (Wildman–Crippen LogP) is 5.05. The highest BCUT2D eigenvalue weighted by atomic mass is 32.2. The first-order valence-corrected chi connectivity index (χ1v) is 11.4. The Morgan fingerprint density at radius 3 is 2.47 bits per heavy atom. The molecule has 0 bridgehead atoms. The summed E-state index contributed by atoms with van der Waals surface area (Å²) in [6.45, 7) is 1.89. The summed E-state index contributed by atoms with van der Waals surface area (Å²) in [4.78, 5) is 32.9. The molecule has 1 heterocycles. The quantitative estimate of drug-likeness (QED) is 0.428. The molecule has 30 heavy (non-hydrogen) atoms. The maximum Gasteiger partial charge on any atom is 0.262 e. The van der Waals surface area contributed by atoms with E-state index in [1.54, 1.807) is 11.9 Å². The third kappa shape index (κ3) is 4.15. The normalized spacial score (nSPS) is 15.8. The second-order valence-corrected chi connectivity index (χ2v) is 9.18. The Balaban J connectivity index is 1.68. The fraction of sp³-hybridized carbons (Fsp3) is 0.375. The number of hydrogen-bond acceptors (Lipinski definition) is 4. The van der Waals surface area contributed by atoms with E-state index in [1.807, 2.05) is 66.1 Å². The van der Waals surface area contributed by atoms with Crippen LogP contribution in [0, 0.1) is 0 Å². The first-order valence-electron chi connectivity index (χ1n) is 10.6. The van der Waals surface area contributed by atoms with Gasteiger partial charge in [-0.1, -0.05) is 61.4 Å². The van der Waals surface area contributed by atoms with Crippen molar-refractivity contribution < 1.29 is 4.79 Å². The zero-order valence-corrected chi connectivity index (χ0v) is 18.3. The van der Waals surface area contributed by atoms with Crippen LogP contribution in [0.2, 0.25) is 0 Å². The maximum absolute atomic E-state index is 13.4. The topological polar surface area (TPSA) is 55.2 Å². The zero-order chi connectivity index (χ0) is 21.1. The lowest BCUT2D eigenvalue weighted by Gasteiger charge is -2.27. The number of aromatic nitrogens is 2. The molecule has 1 amide bonds. The Bertz CT molecular complexity index is 1090. The van der Waals surface area contributed by atoms with Crippen LogP contribution in [0.4, 0.5) is 5.69 Å². The van der Waals surface area contributed by atoms with E-state index in [1.165, 1.54) is 18.2 Å². The van der Waals surface area contributed by atoms with Crippen LogP contribution < -0.4 is 10.5 Å². The maximum atomic E-state index is 13.4. The molecule has 0 spiro atoms. The van der Waals surface area contributed by atoms with Crippen LogP contribution in [0.25, 0.3) is 10.9 Å². The molecule has 1 aliphatic rings. The van der Waals surface area contributed by atoms with Crippen molar-refractivity contribution in [3.63, 3.8) is 0 Å². The molecule has 4 rings (SSSR count). The highest BCUT2D eigenvalue weighted by Crippen LogP contribution is 2.33. The zero-order valence-electron chi connectivity index (χ0n) is 17.5. The summed E-state index contributed by atoms with van der Waals surface area (Å²) in [6.07, 6.45) is 5.43. The van der Waals surface area contributed by atoms with Gasteiger partial charge >= 0.3 is 0 Å². The van der Waals surface area contributed by atoms with Gasteiger partial charge in [0.2, 0.25) is 5.91 Å². The van der Waals surface area contributed by atoms with Crippen LogP contribution in [-0.2, 0) is 4.79 Å². The first-order chi connectivity index (χ1) is 14.6. The third-order valence-corrected chi connectivity index (χ3v) is 6.87. The molecule has 2 aromatic carbocycles. The van der Waals surface area contributed by atoms with Gasteiger partial charge < -0.3 is 4.90 Å². The molecule has 0 radical (unpaired) electrons. The minimum absolute atomic E-state index is 0.00561. The third-order valence-electron chi connectivity index (χ3n) is 5.82. The lowest BCUT2D eigenvalue weighted by molar-refractivity contribution is -0.117. The van der Waals surface area contributed by atoms with Crippen molar-refractivity contribution in [1.82, 2.24) is 9.55 Å². The molecule has 5 nitrogen and oxygen atoms in total. The molecule has 1 fully saturated rings. The number of rotatable bonds is 5. The number of amides is 1. The number of thioether (sulfide) groups is 1. The number of hydrogen-bond donors (Lipinski definition) is 0. The molecule has 0 aliphatic heterocycles. The summed E-state index contributed by atoms with van der Waals surface area (Å²) in [5.74, 6) is -0.0104. The number of fused-ring (bicyclic) bond motifs is 1. The van der Waals surface area contributed by atoms with Crippen LogP contribution >= 0.6 is 11.8 Å². The fourth-order valence-corrected chi connectivity index (χ4v) is 5.20. The average Bonchev–Trinajstić information content (AvgIpc) is 2.79. The predicted molar refractivity (Wildman–Crippen MR) is 123 cm³/mol. The number of nitrogens with zero attached hydrogens (tertiary/aromatic N) is 3. The Labute approximate surface area is 181 Å². The van der Waals surface area contributed by atoms with Gasteiger partial charge in [-0.15, -0.1) is 0 Å². The Morgan fingerprint density at radius 1 is 1.07 bits per heavy atom. The summed E-state index contributed by atoms with van der Waals surface area (Å²) in [6, 6.07) is 17.2. The first kappa shape index (κ1) is 20.7. The largest absolute Gasteiger partial charge is 0.315 e. The van der Waals surface area contributed by atoms with Crippen molar-refractivity contribution in [2.75, 3.05) is 11.9 Å². The van der Waals surface area contributed by atoms with Gasteiger partial charge in [-0.05, 0) is 44.0 Å². The number of anilines is 1. The van der Waals surface area contributed by atoms with Gasteiger partial charge in [-0.25, -0.2) is 4.98 Å². The second kappa shape index (κ2) is 9.04. The minimum Gasteiger partial charge on any atom is -0.315 e. The van der Waals surface area contributed by atoms with Crippen molar-refractivity contribution in [1.29, 1.82) is 0 Å². The van der Waals surface area contributed by atoms with Gasteiger partial charge in [0.25, 0.3) is 5.56 Å². The van der Waals surface area contributed by atoms with Crippen molar-refractivity contribution in [2.45, 2.75) is 55.5 Å². The Kier molecular flexibility index (Phi) is 6.23. The summed E-state index contributed by atoms with van der Waals surface area (Å²) < 4.78 is 1.86.